The molecule has 94 valence electrons. The Labute approximate surface area is 97.5 Å². The average molecular weight is 229 g/mol. The topological polar surface area (TPSA) is 53.6 Å². The van der Waals surface area contributed by atoms with Gasteiger partial charge in [0.1, 0.15) is 0 Å². The van der Waals surface area contributed by atoms with Gasteiger partial charge in [-0.1, -0.05) is 0 Å². The SMILES string of the molecule is CCNC(=O)N(CCOC)CC1CCCN1. The summed E-state index contributed by atoms with van der Waals surface area (Å²) in [6.45, 7) is 5.68. The normalized spacial score (nSPS) is 19.8. The fourth-order valence-electron chi connectivity index (χ4n) is 1.92. The quantitative estimate of drug-likeness (QED) is 0.694. The first kappa shape index (κ1) is 13.3. The summed E-state index contributed by atoms with van der Waals surface area (Å²) in [5, 5.41) is 6.23. The molecule has 0 aliphatic carbocycles. The summed E-state index contributed by atoms with van der Waals surface area (Å²) in [5.74, 6) is 0. The van der Waals surface area contributed by atoms with Crippen molar-refractivity contribution < 1.29 is 9.53 Å². The van der Waals surface area contributed by atoms with Gasteiger partial charge in [0.25, 0.3) is 0 Å². The molecule has 1 rings (SSSR count). The molecule has 2 N–H and O–H groups in total. The Kier molecular flexibility index (Phi) is 6.18. The van der Waals surface area contributed by atoms with E-state index in [1.807, 2.05) is 11.8 Å². The van der Waals surface area contributed by atoms with Gasteiger partial charge in [0.2, 0.25) is 0 Å². The minimum absolute atomic E-state index is 0.00764. The second-order valence-electron chi connectivity index (χ2n) is 4.07. The van der Waals surface area contributed by atoms with Gasteiger partial charge in [-0.05, 0) is 26.3 Å². The van der Waals surface area contributed by atoms with Crippen LogP contribution in [0.1, 0.15) is 19.8 Å². The maximum absolute atomic E-state index is 11.8. The van der Waals surface area contributed by atoms with Crippen molar-refractivity contribution in [1.29, 1.82) is 0 Å². The molecule has 1 saturated heterocycles. The van der Waals surface area contributed by atoms with E-state index in [0.29, 0.717) is 25.7 Å². The molecule has 16 heavy (non-hydrogen) atoms. The predicted molar refractivity (Wildman–Crippen MR) is 63.5 cm³/mol. The molecule has 0 spiro atoms. The summed E-state index contributed by atoms with van der Waals surface area (Å²) < 4.78 is 5.02. The summed E-state index contributed by atoms with van der Waals surface area (Å²) in [5.41, 5.74) is 0. The highest BCUT2D eigenvalue weighted by Gasteiger charge is 2.20. The number of ether oxygens (including phenoxy) is 1. The first-order chi connectivity index (χ1) is 7.77. The van der Waals surface area contributed by atoms with E-state index in [1.165, 1.54) is 6.42 Å². The summed E-state index contributed by atoms with van der Waals surface area (Å²) in [6.07, 6.45) is 2.36. The Hall–Kier alpha value is -0.810. The Morgan fingerprint density at radius 1 is 1.62 bits per heavy atom. The molecule has 2 amide bonds. The van der Waals surface area contributed by atoms with E-state index < -0.39 is 0 Å². The standard InChI is InChI=1S/C11H23N3O2/c1-3-12-11(15)14(7-8-16-2)9-10-5-4-6-13-10/h10,13H,3-9H2,1-2H3,(H,12,15). The van der Waals surface area contributed by atoms with Crippen molar-refractivity contribution in [1.82, 2.24) is 15.5 Å². The number of nitrogens with one attached hydrogen (secondary N) is 2. The Bertz CT molecular complexity index is 205. The van der Waals surface area contributed by atoms with Crippen molar-refractivity contribution in [3.05, 3.63) is 0 Å². The van der Waals surface area contributed by atoms with Gasteiger partial charge in [0.05, 0.1) is 6.61 Å². The largest absolute Gasteiger partial charge is 0.383 e. The molecule has 0 aromatic heterocycles. The lowest BCUT2D eigenvalue weighted by molar-refractivity contribution is 0.145. The molecule has 0 bridgehead atoms. The molecular weight excluding hydrogens is 206 g/mol. The van der Waals surface area contributed by atoms with Crippen LogP contribution in [0.5, 0.6) is 0 Å². The highest BCUT2D eigenvalue weighted by atomic mass is 16.5. The van der Waals surface area contributed by atoms with Gasteiger partial charge in [0.15, 0.2) is 0 Å². The summed E-state index contributed by atoms with van der Waals surface area (Å²) in [6, 6.07) is 0.452. The highest BCUT2D eigenvalue weighted by molar-refractivity contribution is 5.74. The minimum Gasteiger partial charge on any atom is -0.383 e. The van der Waals surface area contributed by atoms with Crippen molar-refractivity contribution in [2.24, 2.45) is 0 Å². The molecule has 5 heteroatoms. The number of hydrogen-bond donors (Lipinski definition) is 2. The van der Waals surface area contributed by atoms with Gasteiger partial charge in [0, 0.05) is 32.8 Å². The van der Waals surface area contributed by atoms with Crippen LogP contribution in [-0.4, -0.2) is 56.9 Å². The molecule has 0 radical (unpaired) electrons. The number of amides is 2. The molecule has 0 aromatic carbocycles. The first-order valence-electron chi connectivity index (χ1n) is 6.03. The molecule has 1 unspecified atom stereocenters. The van der Waals surface area contributed by atoms with E-state index in [4.69, 9.17) is 4.74 Å². The van der Waals surface area contributed by atoms with Crippen LogP contribution in [0.4, 0.5) is 4.79 Å². The zero-order valence-electron chi connectivity index (χ0n) is 10.3. The molecular formula is C11H23N3O2. The third-order valence-corrected chi connectivity index (χ3v) is 2.78. The summed E-state index contributed by atoms with van der Waals surface area (Å²) in [4.78, 5) is 13.6. The number of carbonyl (C=O) groups excluding carboxylic acids is 1. The van der Waals surface area contributed by atoms with Crippen molar-refractivity contribution in [2.75, 3.05) is 39.9 Å². The third kappa shape index (κ3) is 4.37. The van der Waals surface area contributed by atoms with E-state index in [-0.39, 0.29) is 6.03 Å². The second-order valence-corrected chi connectivity index (χ2v) is 4.07. The lowest BCUT2D eigenvalue weighted by atomic mass is 10.2. The summed E-state index contributed by atoms with van der Waals surface area (Å²) >= 11 is 0. The molecule has 1 heterocycles. The maximum Gasteiger partial charge on any atom is 0.317 e. The Morgan fingerprint density at radius 2 is 2.44 bits per heavy atom. The number of rotatable bonds is 6. The van der Waals surface area contributed by atoms with Crippen LogP contribution in [0.15, 0.2) is 0 Å². The molecule has 5 nitrogen and oxygen atoms in total. The van der Waals surface area contributed by atoms with Crippen molar-refractivity contribution in [2.45, 2.75) is 25.8 Å². The number of hydrogen-bond acceptors (Lipinski definition) is 3. The van der Waals surface area contributed by atoms with Crippen LogP contribution in [0.2, 0.25) is 0 Å². The van der Waals surface area contributed by atoms with Crippen LogP contribution in [0.3, 0.4) is 0 Å². The third-order valence-electron chi connectivity index (χ3n) is 2.78. The Balaban J connectivity index is 2.38. The van der Waals surface area contributed by atoms with Gasteiger partial charge in [-0.25, -0.2) is 4.79 Å². The van der Waals surface area contributed by atoms with Crippen LogP contribution < -0.4 is 10.6 Å². The van der Waals surface area contributed by atoms with Gasteiger partial charge >= 0.3 is 6.03 Å². The van der Waals surface area contributed by atoms with Crippen LogP contribution in [0, 0.1) is 0 Å². The van der Waals surface area contributed by atoms with Crippen molar-refractivity contribution in [3.8, 4) is 0 Å². The summed E-state index contributed by atoms with van der Waals surface area (Å²) in [7, 11) is 1.66. The predicted octanol–water partition coefficient (Wildman–Crippen LogP) is 0.416. The van der Waals surface area contributed by atoms with Crippen LogP contribution in [0.25, 0.3) is 0 Å². The molecule has 1 aliphatic heterocycles. The lowest BCUT2D eigenvalue weighted by Crippen LogP contribution is -2.47. The van der Waals surface area contributed by atoms with E-state index >= 15 is 0 Å². The zero-order chi connectivity index (χ0) is 11.8. The molecule has 1 fully saturated rings. The van der Waals surface area contributed by atoms with Crippen LogP contribution in [-0.2, 0) is 4.74 Å². The monoisotopic (exact) mass is 229 g/mol. The van der Waals surface area contributed by atoms with E-state index in [1.54, 1.807) is 7.11 Å². The molecule has 0 saturated carbocycles. The first-order valence-corrected chi connectivity index (χ1v) is 6.03. The number of carbonyl (C=O) groups is 1. The Morgan fingerprint density at radius 3 is 3.00 bits per heavy atom. The smallest absolute Gasteiger partial charge is 0.317 e. The van der Waals surface area contributed by atoms with Crippen molar-refractivity contribution >= 4 is 6.03 Å². The average Bonchev–Trinajstić information content (AvgIpc) is 2.77. The van der Waals surface area contributed by atoms with Crippen molar-refractivity contribution in [3.63, 3.8) is 0 Å². The van der Waals surface area contributed by atoms with Gasteiger partial charge in [-0.15, -0.1) is 0 Å². The fourth-order valence-corrected chi connectivity index (χ4v) is 1.92. The number of nitrogens with zero attached hydrogens (tertiary/aromatic N) is 1. The minimum atomic E-state index is 0.00764. The highest BCUT2D eigenvalue weighted by Crippen LogP contribution is 2.07. The van der Waals surface area contributed by atoms with E-state index in [9.17, 15) is 4.79 Å². The molecule has 0 aromatic rings. The molecule has 1 atom stereocenters. The second kappa shape index (κ2) is 7.46. The van der Waals surface area contributed by atoms with E-state index in [0.717, 1.165) is 19.5 Å². The van der Waals surface area contributed by atoms with Gasteiger partial charge in [-0.2, -0.15) is 0 Å². The lowest BCUT2D eigenvalue weighted by Gasteiger charge is -2.25. The van der Waals surface area contributed by atoms with Gasteiger partial charge in [-0.3, -0.25) is 0 Å². The number of methoxy groups -OCH3 is 1. The van der Waals surface area contributed by atoms with Gasteiger partial charge < -0.3 is 20.3 Å². The zero-order valence-corrected chi connectivity index (χ0v) is 10.3. The van der Waals surface area contributed by atoms with E-state index in [2.05, 4.69) is 10.6 Å². The maximum atomic E-state index is 11.8. The number of urea groups is 1. The fraction of sp³-hybridized carbons (Fsp3) is 0.909. The van der Waals surface area contributed by atoms with Crippen LogP contribution >= 0.6 is 0 Å². The molecule has 1 aliphatic rings.